The first-order valence-electron chi connectivity index (χ1n) is 7.16. The zero-order valence-electron chi connectivity index (χ0n) is 12.6. The second-order valence-corrected chi connectivity index (χ2v) is 6.65. The number of furan rings is 1. The predicted octanol–water partition coefficient (Wildman–Crippen LogP) is 4.15. The molecule has 0 spiro atoms. The van der Waals surface area contributed by atoms with Gasteiger partial charge in [0.1, 0.15) is 5.76 Å². The quantitative estimate of drug-likeness (QED) is 0.822. The predicted molar refractivity (Wildman–Crippen MR) is 78.1 cm³/mol. The number of aromatic nitrogens is 1. The number of hydrogen-bond donors (Lipinski definition) is 0. The highest BCUT2D eigenvalue weighted by atomic mass is 16.3. The monoisotopic (exact) mass is 271 g/mol. The van der Waals surface area contributed by atoms with Crippen LogP contribution in [0.5, 0.6) is 0 Å². The molecule has 1 atom stereocenters. The second-order valence-electron chi connectivity index (χ2n) is 6.65. The highest BCUT2D eigenvalue weighted by Gasteiger charge is 2.35. The molecule has 1 aliphatic rings. The summed E-state index contributed by atoms with van der Waals surface area (Å²) in [5.41, 5.74) is 3.23. The molecule has 0 saturated heterocycles. The van der Waals surface area contributed by atoms with Crippen LogP contribution in [-0.4, -0.2) is 10.4 Å². The van der Waals surface area contributed by atoms with Crippen LogP contribution in [-0.2, 0) is 6.42 Å². The largest absolute Gasteiger partial charge is 0.467 e. The minimum Gasteiger partial charge on any atom is -0.467 e. The van der Waals surface area contributed by atoms with E-state index in [2.05, 4.69) is 32.3 Å². The number of carbonyl (C=O) groups is 1. The number of hydrogen-bond acceptors (Lipinski definition) is 2. The lowest BCUT2D eigenvalue weighted by Gasteiger charge is -2.31. The number of Topliss-reactive ketones (excluding diaryl/α,β-unsaturated/α-hetero) is 1. The van der Waals surface area contributed by atoms with Crippen LogP contribution in [0.2, 0.25) is 0 Å². The summed E-state index contributed by atoms with van der Waals surface area (Å²) >= 11 is 0. The molecule has 2 heterocycles. The van der Waals surface area contributed by atoms with Crippen molar-refractivity contribution < 1.29 is 9.21 Å². The Kier molecular flexibility index (Phi) is 2.89. The van der Waals surface area contributed by atoms with Gasteiger partial charge in [0.15, 0.2) is 5.78 Å². The first-order chi connectivity index (χ1) is 9.39. The molecule has 0 fully saturated rings. The lowest BCUT2D eigenvalue weighted by atomic mass is 9.76. The molecule has 0 saturated carbocycles. The molecule has 3 rings (SSSR count). The van der Waals surface area contributed by atoms with Gasteiger partial charge in [-0.05, 0) is 43.9 Å². The van der Waals surface area contributed by atoms with E-state index in [-0.39, 0.29) is 17.2 Å². The Morgan fingerprint density at radius 3 is 2.75 bits per heavy atom. The molecule has 0 N–H and O–H groups in total. The normalized spacial score (nSPS) is 18.9. The third-order valence-electron chi connectivity index (χ3n) is 4.26. The summed E-state index contributed by atoms with van der Waals surface area (Å²) in [7, 11) is 0. The number of nitrogens with zero attached hydrogens (tertiary/aromatic N) is 1. The average molecular weight is 271 g/mol. The van der Waals surface area contributed by atoms with Gasteiger partial charge in [0.2, 0.25) is 0 Å². The molecule has 3 nitrogen and oxygen atoms in total. The molecular formula is C17H21NO2. The van der Waals surface area contributed by atoms with Crippen molar-refractivity contribution in [3.63, 3.8) is 0 Å². The van der Waals surface area contributed by atoms with E-state index in [1.54, 1.807) is 6.26 Å². The van der Waals surface area contributed by atoms with Crippen molar-refractivity contribution in [2.24, 2.45) is 5.41 Å². The lowest BCUT2D eigenvalue weighted by Crippen LogP contribution is -2.28. The van der Waals surface area contributed by atoms with Gasteiger partial charge in [0, 0.05) is 23.4 Å². The minimum atomic E-state index is 0.0372. The summed E-state index contributed by atoms with van der Waals surface area (Å²) < 4.78 is 7.80. The number of carbonyl (C=O) groups excluding carboxylic acids is 1. The van der Waals surface area contributed by atoms with E-state index in [9.17, 15) is 4.79 Å². The van der Waals surface area contributed by atoms with E-state index in [1.807, 2.05) is 18.2 Å². The van der Waals surface area contributed by atoms with E-state index in [0.29, 0.717) is 6.42 Å². The van der Waals surface area contributed by atoms with Crippen LogP contribution < -0.4 is 0 Å². The SMILES string of the molecule is Cc1cc2c(n1C(C)c1ccco1)CC(C)(C)CC2=O. The van der Waals surface area contributed by atoms with Crippen molar-refractivity contribution in [3.8, 4) is 0 Å². The van der Waals surface area contributed by atoms with Gasteiger partial charge in [0.25, 0.3) is 0 Å². The van der Waals surface area contributed by atoms with Crippen molar-refractivity contribution >= 4 is 5.78 Å². The fourth-order valence-electron chi connectivity index (χ4n) is 3.37. The molecular weight excluding hydrogens is 250 g/mol. The number of aryl methyl sites for hydroxylation is 1. The molecule has 0 bridgehead atoms. The highest BCUT2D eigenvalue weighted by molar-refractivity contribution is 5.99. The maximum Gasteiger partial charge on any atom is 0.165 e. The van der Waals surface area contributed by atoms with Gasteiger partial charge < -0.3 is 8.98 Å². The Morgan fingerprint density at radius 1 is 1.35 bits per heavy atom. The molecule has 0 amide bonds. The first kappa shape index (κ1) is 13.2. The van der Waals surface area contributed by atoms with Crippen LogP contribution >= 0.6 is 0 Å². The number of fused-ring (bicyclic) bond motifs is 1. The Hall–Kier alpha value is -1.77. The summed E-state index contributed by atoms with van der Waals surface area (Å²) in [6, 6.07) is 6.06. The smallest absolute Gasteiger partial charge is 0.165 e. The summed E-state index contributed by atoms with van der Waals surface area (Å²) in [5, 5.41) is 0. The topological polar surface area (TPSA) is 35.1 Å². The Bertz CT molecular complexity index is 647. The summed E-state index contributed by atoms with van der Waals surface area (Å²) in [6.07, 6.45) is 3.28. The van der Waals surface area contributed by atoms with E-state index in [1.165, 1.54) is 0 Å². The van der Waals surface area contributed by atoms with E-state index in [4.69, 9.17) is 4.42 Å². The number of ketones is 1. The Morgan fingerprint density at radius 2 is 2.10 bits per heavy atom. The van der Waals surface area contributed by atoms with E-state index < -0.39 is 0 Å². The summed E-state index contributed by atoms with van der Waals surface area (Å²) in [6.45, 7) is 8.52. The van der Waals surface area contributed by atoms with Crippen molar-refractivity contribution in [2.45, 2.75) is 46.6 Å². The van der Waals surface area contributed by atoms with Crippen molar-refractivity contribution in [2.75, 3.05) is 0 Å². The fourth-order valence-corrected chi connectivity index (χ4v) is 3.37. The minimum absolute atomic E-state index is 0.0372. The van der Waals surface area contributed by atoms with Crippen LogP contribution in [0.3, 0.4) is 0 Å². The molecule has 106 valence electrons. The van der Waals surface area contributed by atoms with Gasteiger partial charge >= 0.3 is 0 Å². The van der Waals surface area contributed by atoms with E-state index >= 15 is 0 Å². The standard InChI is InChI=1S/C17H21NO2/c1-11-8-13-14(9-17(3,4)10-15(13)19)18(11)12(2)16-6-5-7-20-16/h5-8,12H,9-10H2,1-4H3. The van der Waals surface area contributed by atoms with Crippen molar-refractivity contribution in [1.29, 1.82) is 0 Å². The molecule has 2 aromatic heterocycles. The molecule has 0 radical (unpaired) electrons. The third kappa shape index (κ3) is 2.01. The molecule has 0 aliphatic heterocycles. The third-order valence-corrected chi connectivity index (χ3v) is 4.26. The number of rotatable bonds is 2. The molecule has 0 aromatic carbocycles. The summed E-state index contributed by atoms with van der Waals surface area (Å²) in [5.74, 6) is 1.20. The average Bonchev–Trinajstić information content (AvgIpc) is 2.94. The lowest BCUT2D eigenvalue weighted by molar-refractivity contribution is 0.0909. The zero-order chi connectivity index (χ0) is 14.5. The van der Waals surface area contributed by atoms with Crippen molar-refractivity contribution in [3.05, 3.63) is 47.2 Å². The van der Waals surface area contributed by atoms with Crippen LogP contribution in [0.25, 0.3) is 0 Å². The van der Waals surface area contributed by atoms with Gasteiger partial charge in [0.05, 0.1) is 12.3 Å². The fraction of sp³-hybridized carbons (Fsp3) is 0.471. The first-order valence-corrected chi connectivity index (χ1v) is 7.16. The summed E-state index contributed by atoms with van der Waals surface area (Å²) in [4.78, 5) is 12.3. The van der Waals surface area contributed by atoms with Gasteiger partial charge in [-0.2, -0.15) is 0 Å². The van der Waals surface area contributed by atoms with Crippen LogP contribution in [0.4, 0.5) is 0 Å². The maximum absolute atomic E-state index is 12.3. The van der Waals surface area contributed by atoms with Gasteiger partial charge in [-0.15, -0.1) is 0 Å². The molecule has 1 aliphatic carbocycles. The Balaban J connectivity index is 2.12. The van der Waals surface area contributed by atoms with E-state index in [0.717, 1.165) is 29.1 Å². The zero-order valence-corrected chi connectivity index (χ0v) is 12.6. The maximum atomic E-state index is 12.3. The highest BCUT2D eigenvalue weighted by Crippen LogP contribution is 2.38. The molecule has 20 heavy (non-hydrogen) atoms. The van der Waals surface area contributed by atoms with Gasteiger partial charge in [-0.1, -0.05) is 13.8 Å². The second kappa shape index (κ2) is 4.37. The Labute approximate surface area is 119 Å². The van der Waals surface area contributed by atoms with Gasteiger partial charge in [-0.3, -0.25) is 4.79 Å². The molecule has 3 heteroatoms. The molecule has 1 unspecified atom stereocenters. The molecule has 2 aromatic rings. The van der Waals surface area contributed by atoms with Crippen LogP contribution in [0.1, 0.15) is 60.7 Å². The van der Waals surface area contributed by atoms with Crippen LogP contribution in [0.15, 0.2) is 28.9 Å². The van der Waals surface area contributed by atoms with Gasteiger partial charge in [-0.25, -0.2) is 0 Å². The van der Waals surface area contributed by atoms with Crippen LogP contribution in [0, 0.1) is 12.3 Å². The van der Waals surface area contributed by atoms with Crippen molar-refractivity contribution in [1.82, 2.24) is 4.57 Å².